The number of aryl methyl sites for hydroxylation is 1. The van der Waals surface area contributed by atoms with E-state index in [0.29, 0.717) is 5.82 Å². The highest BCUT2D eigenvalue weighted by Crippen LogP contribution is 2.37. The summed E-state index contributed by atoms with van der Waals surface area (Å²) >= 11 is 0. The molecule has 1 aliphatic heterocycles. The molecule has 3 atom stereocenters. The van der Waals surface area contributed by atoms with E-state index in [9.17, 15) is 9.59 Å². The van der Waals surface area contributed by atoms with E-state index in [-0.39, 0.29) is 23.8 Å². The molecule has 3 aromatic rings. The molecule has 29 heavy (non-hydrogen) atoms. The molecule has 1 aromatic heterocycles. The lowest BCUT2D eigenvalue weighted by Gasteiger charge is -2.29. The molecular formula is C23H26N4O2. The fraction of sp³-hybridized carbons (Fsp3) is 0.348. The van der Waals surface area contributed by atoms with Gasteiger partial charge in [0.05, 0.1) is 11.0 Å². The van der Waals surface area contributed by atoms with Gasteiger partial charge in [0.25, 0.3) is 5.91 Å². The molecule has 1 fully saturated rings. The standard InChI is InChI=1S/C23H26N4O2/c1-13(2)19-22(28)27(23(29)26-19)20(15(4)16-8-6-5-7-9-16)21-24-17-11-10-14(3)12-18(17)25-21/h5-13,15,19-20H,1-4H3,(H,24,25)(H,26,29)/t15-,19+,20-/m0/s1. The number of imidazole rings is 1. The number of rotatable bonds is 5. The molecule has 0 unspecified atom stereocenters. The minimum absolute atomic E-state index is 0.0162. The van der Waals surface area contributed by atoms with Crippen molar-refractivity contribution in [2.45, 2.75) is 45.7 Å². The second kappa shape index (κ2) is 7.35. The van der Waals surface area contributed by atoms with Gasteiger partial charge in [0.2, 0.25) is 0 Å². The molecule has 150 valence electrons. The van der Waals surface area contributed by atoms with Crippen molar-refractivity contribution in [2.24, 2.45) is 5.92 Å². The maximum Gasteiger partial charge on any atom is 0.325 e. The highest BCUT2D eigenvalue weighted by atomic mass is 16.2. The Morgan fingerprint density at radius 2 is 1.76 bits per heavy atom. The first kappa shape index (κ1) is 19.2. The molecule has 0 spiro atoms. The summed E-state index contributed by atoms with van der Waals surface area (Å²) < 4.78 is 0. The van der Waals surface area contributed by atoms with Crippen LogP contribution in [0.4, 0.5) is 4.79 Å². The first-order valence-corrected chi connectivity index (χ1v) is 10.0. The predicted octanol–water partition coefficient (Wildman–Crippen LogP) is 4.29. The van der Waals surface area contributed by atoms with Gasteiger partial charge < -0.3 is 10.3 Å². The number of aromatic nitrogens is 2. The van der Waals surface area contributed by atoms with Crippen LogP contribution in [0.2, 0.25) is 0 Å². The largest absolute Gasteiger partial charge is 0.340 e. The lowest BCUT2D eigenvalue weighted by atomic mass is 9.91. The Balaban J connectivity index is 1.83. The third-order valence-corrected chi connectivity index (χ3v) is 5.68. The molecule has 6 heteroatoms. The highest BCUT2D eigenvalue weighted by Gasteiger charge is 2.46. The molecule has 0 radical (unpaired) electrons. The van der Waals surface area contributed by atoms with Gasteiger partial charge in [-0.1, -0.05) is 57.2 Å². The molecule has 4 rings (SSSR count). The van der Waals surface area contributed by atoms with Gasteiger partial charge in [-0.25, -0.2) is 9.78 Å². The Bertz CT molecular complexity index is 1060. The van der Waals surface area contributed by atoms with Crippen LogP contribution in [0, 0.1) is 12.8 Å². The summed E-state index contributed by atoms with van der Waals surface area (Å²) in [5.41, 5.74) is 3.89. The van der Waals surface area contributed by atoms with Crippen molar-refractivity contribution in [3.05, 3.63) is 65.5 Å². The van der Waals surface area contributed by atoms with E-state index >= 15 is 0 Å². The lowest BCUT2D eigenvalue weighted by Crippen LogP contribution is -2.39. The van der Waals surface area contributed by atoms with Crippen LogP contribution >= 0.6 is 0 Å². The van der Waals surface area contributed by atoms with Crippen LogP contribution in [0.5, 0.6) is 0 Å². The second-order valence-electron chi connectivity index (χ2n) is 8.17. The van der Waals surface area contributed by atoms with Gasteiger partial charge in [-0.3, -0.25) is 9.69 Å². The molecular weight excluding hydrogens is 364 g/mol. The SMILES string of the molecule is Cc1ccc2nc([C@H]([C@@H](C)c3ccccc3)N3C(=O)N[C@H](C(C)C)C3=O)[nH]c2c1. The van der Waals surface area contributed by atoms with Gasteiger partial charge in [-0.2, -0.15) is 0 Å². The normalized spacial score (nSPS) is 19.1. The summed E-state index contributed by atoms with van der Waals surface area (Å²) in [5, 5.41) is 2.85. The van der Waals surface area contributed by atoms with Crippen LogP contribution in [0.1, 0.15) is 49.7 Å². The van der Waals surface area contributed by atoms with Gasteiger partial charge in [0, 0.05) is 5.92 Å². The number of H-pyrrole nitrogens is 1. The van der Waals surface area contributed by atoms with Crippen molar-refractivity contribution >= 4 is 23.0 Å². The number of amides is 3. The highest BCUT2D eigenvalue weighted by molar-refractivity contribution is 6.04. The Hall–Kier alpha value is -3.15. The zero-order valence-corrected chi connectivity index (χ0v) is 17.1. The molecule has 0 aliphatic carbocycles. The van der Waals surface area contributed by atoms with Crippen molar-refractivity contribution in [1.82, 2.24) is 20.2 Å². The van der Waals surface area contributed by atoms with Crippen molar-refractivity contribution in [3.8, 4) is 0 Å². The van der Waals surface area contributed by atoms with Gasteiger partial charge in [0.1, 0.15) is 17.9 Å². The number of carbonyl (C=O) groups excluding carboxylic acids is 2. The van der Waals surface area contributed by atoms with Crippen molar-refractivity contribution < 1.29 is 9.59 Å². The van der Waals surface area contributed by atoms with Crippen molar-refractivity contribution in [1.29, 1.82) is 0 Å². The maximum atomic E-state index is 13.2. The van der Waals surface area contributed by atoms with Crippen LogP contribution in [-0.4, -0.2) is 32.8 Å². The Morgan fingerprint density at radius 1 is 1.03 bits per heavy atom. The van der Waals surface area contributed by atoms with Crippen molar-refractivity contribution in [3.63, 3.8) is 0 Å². The molecule has 6 nitrogen and oxygen atoms in total. The zero-order valence-electron chi connectivity index (χ0n) is 17.1. The van der Waals surface area contributed by atoms with Gasteiger partial charge in [0.15, 0.2) is 0 Å². The third kappa shape index (κ3) is 3.39. The van der Waals surface area contributed by atoms with Crippen LogP contribution in [0.15, 0.2) is 48.5 Å². The summed E-state index contributed by atoms with van der Waals surface area (Å²) in [7, 11) is 0. The van der Waals surface area contributed by atoms with E-state index in [2.05, 4.69) is 10.3 Å². The smallest absolute Gasteiger partial charge is 0.325 e. The number of imide groups is 1. The molecule has 3 amide bonds. The molecule has 2 aromatic carbocycles. The van der Waals surface area contributed by atoms with Gasteiger partial charge >= 0.3 is 6.03 Å². The van der Waals surface area contributed by atoms with E-state index in [0.717, 1.165) is 22.2 Å². The third-order valence-electron chi connectivity index (χ3n) is 5.68. The fourth-order valence-electron chi connectivity index (χ4n) is 4.03. The van der Waals surface area contributed by atoms with Crippen LogP contribution < -0.4 is 5.32 Å². The quantitative estimate of drug-likeness (QED) is 0.638. The maximum absolute atomic E-state index is 13.2. The average Bonchev–Trinajstić information content (AvgIpc) is 3.24. The number of benzene rings is 2. The molecule has 1 aliphatic rings. The first-order valence-electron chi connectivity index (χ1n) is 10.0. The van der Waals surface area contributed by atoms with E-state index in [4.69, 9.17) is 4.98 Å². The molecule has 1 saturated heterocycles. The number of carbonyl (C=O) groups is 2. The number of hydrogen-bond acceptors (Lipinski definition) is 3. The monoisotopic (exact) mass is 390 g/mol. The second-order valence-corrected chi connectivity index (χ2v) is 8.17. The molecule has 0 saturated carbocycles. The van der Waals surface area contributed by atoms with Gasteiger partial charge in [-0.15, -0.1) is 0 Å². The first-order chi connectivity index (χ1) is 13.9. The summed E-state index contributed by atoms with van der Waals surface area (Å²) in [6.07, 6.45) is 0. The summed E-state index contributed by atoms with van der Waals surface area (Å²) in [5.74, 6) is 0.310. The van der Waals surface area contributed by atoms with Crippen LogP contribution in [0.3, 0.4) is 0 Å². The Kier molecular flexibility index (Phi) is 4.86. The van der Waals surface area contributed by atoms with Crippen molar-refractivity contribution in [2.75, 3.05) is 0 Å². The zero-order chi connectivity index (χ0) is 20.7. The Morgan fingerprint density at radius 3 is 2.41 bits per heavy atom. The predicted molar refractivity (Wildman–Crippen MR) is 112 cm³/mol. The van der Waals surface area contributed by atoms with Crippen LogP contribution in [0.25, 0.3) is 11.0 Å². The number of urea groups is 1. The van der Waals surface area contributed by atoms with E-state index in [1.54, 1.807) is 0 Å². The topological polar surface area (TPSA) is 78.1 Å². The Labute approximate surface area is 170 Å². The van der Waals surface area contributed by atoms with E-state index in [1.165, 1.54) is 4.90 Å². The number of hydrogen-bond donors (Lipinski definition) is 2. The number of aromatic amines is 1. The van der Waals surface area contributed by atoms with E-state index < -0.39 is 12.1 Å². The average molecular weight is 390 g/mol. The van der Waals surface area contributed by atoms with E-state index in [1.807, 2.05) is 76.2 Å². The number of fused-ring (bicyclic) bond motifs is 1. The fourth-order valence-corrected chi connectivity index (χ4v) is 4.03. The summed E-state index contributed by atoms with van der Waals surface area (Å²) in [4.78, 5) is 35.5. The summed E-state index contributed by atoms with van der Waals surface area (Å²) in [6, 6.07) is 14.5. The minimum Gasteiger partial charge on any atom is -0.340 e. The summed E-state index contributed by atoms with van der Waals surface area (Å²) in [6.45, 7) is 7.92. The number of nitrogens with one attached hydrogen (secondary N) is 2. The van der Waals surface area contributed by atoms with Gasteiger partial charge in [-0.05, 0) is 36.1 Å². The molecule has 2 N–H and O–H groups in total. The minimum atomic E-state index is -0.527. The van der Waals surface area contributed by atoms with Crippen LogP contribution in [-0.2, 0) is 4.79 Å². The molecule has 0 bridgehead atoms. The number of nitrogens with zero attached hydrogens (tertiary/aromatic N) is 2. The molecule has 2 heterocycles. The lowest BCUT2D eigenvalue weighted by molar-refractivity contribution is -0.130.